The average molecular weight is 312 g/mol. The molecule has 6 heteroatoms. The molecule has 1 aromatic carbocycles. The average Bonchev–Trinajstić information content (AvgIpc) is 2.46. The predicted octanol–water partition coefficient (Wildman–Crippen LogP) is 2.14. The van der Waals surface area contributed by atoms with E-state index in [-0.39, 0.29) is 6.10 Å². The first-order chi connectivity index (χ1) is 9.90. The minimum absolute atomic E-state index is 0.00859. The summed E-state index contributed by atoms with van der Waals surface area (Å²) in [5.74, 6) is 0. The summed E-state index contributed by atoms with van der Waals surface area (Å²) in [4.78, 5) is 0.429. The number of piperidine rings is 1. The van der Waals surface area contributed by atoms with Gasteiger partial charge in [-0.25, -0.2) is 8.42 Å². The van der Waals surface area contributed by atoms with Crippen LogP contribution in [0.15, 0.2) is 17.0 Å². The number of hydrogen-bond donors (Lipinski definition) is 1. The number of hydrogen-bond acceptors (Lipinski definition) is 4. The Kier molecular flexibility index (Phi) is 4.91. The molecule has 1 unspecified atom stereocenters. The van der Waals surface area contributed by atoms with Crippen molar-refractivity contribution in [3.63, 3.8) is 0 Å². The van der Waals surface area contributed by atoms with Crippen molar-refractivity contribution in [3.05, 3.63) is 23.3 Å². The molecule has 1 aromatic rings. The van der Waals surface area contributed by atoms with Gasteiger partial charge in [0.15, 0.2) is 0 Å². The van der Waals surface area contributed by atoms with Gasteiger partial charge in [-0.3, -0.25) is 0 Å². The van der Waals surface area contributed by atoms with Crippen LogP contribution in [0.1, 0.15) is 24.0 Å². The van der Waals surface area contributed by atoms with E-state index in [1.54, 1.807) is 11.4 Å². The van der Waals surface area contributed by atoms with Crippen LogP contribution in [0.5, 0.6) is 0 Å². The molecule has 1 heterocycles. The summed E-state index contributed by atoms with van der Waals surface area (Å²) >= 11 is 0. The number of methoxy groups -OCH3 is 1. The van der Waals surface area contributed by atoms with Gasteiger partial charge in [0.1, 0.15) is 0 Å². The Balaban J connectivity index is 2.40. The molecule has 1 fully saturated rings. The molecule has 0 bridgehead atoms. The molecule has 118 valence electrons. The van der Waals surface area contributed by atoms with E-state index in [0.717, 1.165) is 29.7 Å². The number of sulfonamides is 1. The van der Waals surface area contributed by atoms with Gasteiger partial charge in [0.05, 0.1) is 11.0 Å². The summed E-state index contributed by atoms with van der Waals surface area (Å²) in [7, 11) is 0.00165. The molecule has 0 radical (unpaired) electrons. The van der Waals surface area contributed by atoms with E-state index in [1.807, 2.05) is 33.0 Å². The largest absolute Gasteiger partial charge is 0.388 e. The summed E-state index contributed by atoms with van der Waals surface area (Å²) in [6, 6.07) is 3.75. The van der Waals surface area contributed by atoms with E-state index in [1.165, 1.54) is 0 Å². The highest BCUT2D eigenvalue weighted by atomic mass is 32.2. The second kappa shape index (κ2) is 6.34. The Morgan fingerprint density at radius 3 is 2.43 bits per heavy atom. The maximum absolute atomic E-state index is 12.9. The zero-order valence-electron chi connectivity index (χ0n) is 13.1. The van der Waals surface area contributed by atoms with Crippen LogP contribution < -0.4 is 5.32 Å². The standard InChI is InChI=1S/C15H24N2O3S/c1-11-8-13(16-3)9-12(2)15(11)21(18,19)17-7-5-6-14(10-17)20-4/h8-9,14,16H,5-7,10H2,1-4H3. The number of anilines is 1. The fraction of sp³-hybridized carbons (Fsp3) is 0.600. The van der Waals surface area contributed by atoms with Crippen molar-refractivity contribution in [2.45, 2.75) is 37.7 Å². The lowest BCUT2D eigenvalue weighted by molar-refractivity contribution is 0.0571. The molecular formula is C15H24N2O3S. The predicted molar refractivity (Wildman–Crippen MR) is 84.3 cm³/mol. The zero-order chi connectivity index (χ0) is 15.6. The lowest BCUT2D eigenvalue weighted by Gasteiger charge is -2.32. The highest BCUT2D eigenvalue weighted by Gasteiger charge is 2.32. The van der Waals surface area contributed by atoms with E-state index < -0.39 is 10.0 Å². The molecule has 1 N–H and O–H groups in total. The summed E-state index contributed by atoms with van der Waals surface area (Å²) in [6.07, 6.45) is 1.74. The van der Waals surface area contributed by atoms with E-state index in [0.29, 0.717) is 18.0 Å². The van der Waals surface area contributed by atoms with E-state index in [2.05, 4.69) is 5.32 Å². The molecule has 1 aliphatic rings. The first-order valence-electron chi connectivity index (χ1n) is 7.22. The SMILES string of the molecule is CNc1cc(C)c(S(=O)(=O)N2CCCC(OC)C2)c(C)c1. The molecule has 5 nitrogen and oxygen atoms in total. The van der Waals surface area contributed by atoms with Crippen LogP contribution in [0.25, 0.3) is 0 Å². The van der Waals surface area contributed by atoms with Crippen LogP contribution in [0.2, 0.25) is 0 Å². The molecule has 21 heavy (non-hydrogen) atoms. The minimum atomic E-state index is -3.47. The van der Waals surface area contributed by atoms with Gasteiger partial charge in [0, 0.05) is 32.9 Å². The molecule has 0 spiro atoms. The Bertz CT molecular complexity index is 590. The van der Waals surface area contributed by atoms with Crippen LogP contribution in [-0.4, -0.2) is 46.1 Å². The van der Waals surface area contributed by atoms with Crippen LogP contribution in [-0.2, 0) is 14.8 Å². The second-order valence-corrected chi connectivity index (χ2v) is 7.43. The van der Waals surface area contributed by atoms with Gasteiger partial charge < -0.3 is 10.1 Å². The Morgan fingerprint density at radius 1 is 1.29 bits per heavy atom. The van der Waals surface area contributed by atoms with Crippen LogP contribution >= 0.6 is 0 Å². The quantitative estimate of drug-likeness (QED) is 0.925. The number of aryl methyl sites for hydroxylation is 2. The van der Waals surface area contributed by atoms with Crippen molar-refractivity contribution < 1.29 is 13.2 Å². The third kappa shape index (κ3) is 3.22. The summed E-state index contributed by atoms with van der Waals surface area (Å²) in [5.41, 5.74) is 2.48. The van der Waals surface area contributed by atoms with Crippen molar-refractivity contribution in [1.82, 2.24) is 4.31 Å². The molecule has 1 aliphatic heterocycles. The first-order valence-corrected chi connectivity index (χ1v) is 8.66. The third-order valence-electron chi connectivity index (χ3n) is 4.02. The minimum Gasteiger partial charge on any atom is -0.388 e. The molecule has 1 saturated heterocycles. The molecule has 0 aromatic heterocycles. The number of benzene rings is 1. The Morgan fingerprint density at radius 2 is 1.90 bits per heavy atom. The lowest BCUT2D eigenvalue weighted by atomic mass is 10.1. The molecular weight excluding hydrogens is 288 g/mol. The van der Waals surface area contributed by atoms with Crippen LogP contribution in [0.3, 0.4) is 0 Å². The topological polar surface area (TPSA) is 58.6 Å². The molecule has 0 aliphatic carbocycles. The fourth-order valence-electron chi connectivity index (χ4n) is 2.95. The molecule has 0 saturated carbocycles. The molecule has 2 rings (SSSR count). The van der Waals surface area contributed by atoms with Crippen LogP contribution in [0.4, 0.5) is 5.69 Å². The van der Waals surface area contributed by atoms with Crippen molar-refractivity contribution >= 4 is 15.7 Å². The van der Waals surface area contributed by atoms with E-state index in [4.69, 9.17) is 4.74 Å². The Labute approximate surface area is 127 Å². The normalized spacial score (nSPS) is 20.5. The summed E-state index contributed by atoms with van der Waals surface area (Å²) in [5, 5.41) is 3.05. The van der Waals surface area contributed by atoms with Crippen molar-refractivity contribution in [2.75, 3.05) is 32.6 Å². The second-order valence-electron chi connectivity index (χ2n) is 5.55. The van der Waals surface area contributed by atoms with Gasteiger partial charge in [-0.05, 0) is 49.9 Å². The number of nitrogens with zero attached hydrogens (tertiary/aromatic N) is 1. The van der Waals surface area contributed by atoms with Crippen molar-refractivity contribution in [1.29, 1.82) is 0 Å². The van der Waals surface area contributed by atoms with Gasteiger partial charge in [-0.15, -0.1) is 0 Å². The van der Waals surface area contributed by atoms with Gasteiger partial charge in [0.25, 0.3) is 0 Å². The van der Waals surface area contributed by atoms with Gasteiger partial charge >= 0.3 is 0 Å². The molecule has 0 amide bonds. The maximum atomic E-state index is 12.9. The third-order valence-corrected chi connectivity index (χ3v) is 6.19. The highest BCUT2D eigenvalue weighted by Crippen LogP contribution is 2.29. The van der Waals surface area contributed by atoms with Crippen LogP contribution in [0, 0.1) is 13.8 Å². The monoisotopic (exact) mass is 312 g/mol. The van der Waals surface area contributed by atoms with Crippen molar-refractivity contribution in [2.24, 2.45) is 0 Å². The smallest absolute Gasteiger partial charge is 0.243 e. The van der Waals surface area contributed by atoms with Gasteiger partial charge in [0.2, 0.25) is 10.0 Å². The van der Waals surface area contributed by atoms with E-state index in [9.17, 15) is 8.42 Å². The number of ether oxygens (including phenoxy) is 1. The maximum Gasteiger partial charge on any atom is 0.243 e. The zero-order valence-corrected chi connectivity index (χ0v) is 14.0. The fourth-order valence-corrected chi connectivity index (χ4v) is 4.87. The first kappa shape index (κ1) is 16.3. The molecule has 1 atom stereocenters. The highest BCUT2D eigenvalue weighted by molar-refractivity contribution is 7.89. The number of nitrogens with one attached hydrogen (secondary N) is 1. The van der Waals surface area contributed by atoms with Gasteiger partial charge in [-0.2, -0.15) is 4.31 Å². The number of rotatable bonds is 4. The summed E-state index contributed by atoms with van der Waals surface area (Å²) in [6.45, 7) is 4.69. The van der Waals surface area contributed by atoms with E-state index >= 15 is 0 Å². The van der Waals surface area contributed by atoms with Gasteiger partial charge in [-0.1, -0.05) is 0 Å². The Hall–Kier alpha value is -1.11. The lowest BCUT2D eigenvalue weighted by Crippen LogP contribution is -2.43. The summed E-state index contributed by atoms with van der Waals surface area (Å²) < 4.78 is 32.8. The van der Waals surface area contributed by atoms with Crippen molar-refractivity contribution in [3.8, 4) is 0 Å².